The summed E-state index contributed by atoms with van der Waals surface area (Å²) in [7, 11) is 0. The highest BCUT2D eigenvalue weighted by atomic mass is 19.4. The summed E-state index contributed by atoms with van der Waals surface area (Å²) in [5.74, 6) is -4.76. The van der Waals surface area contributed by atoms with Crippen molar-refractivity contribution >= 4 is 11.8 Å². The number of hydrogen-bond donors (Lipinski definition) is 1. The molecule has 0 unspecified atom stereocenters. The first-order chi connectivity index (χ1) is 11.3. The molecule has 2 amide bonds. The van der Waals surface area contributed by atoms with Crippen LogP contribution in [0.5, 0.6) is 0 Å². The van der Waals surface area contributed by atoms with Crippen molar-refractivity contribution in [2.24, 2.45) is 17.6 Å². The molecule has 2 aliphatic rings. The molecule has 2 heterocycles. The van der Waals surface area contributed by atoms with Gasteiger partial charge >= 0.3 is 6.18 Å². The number of carbonyl (C=O) groups is 2. The molecule has 132 valence electrons. The Morgan fingerprint density at radius 2 is 1.83 bits per heavy atom. The molecule has 1 aromatic rings. The Hall–Kier alpha value is -1.99. The van der Waals surface area contributed by atoms with Crippen LogP contribution in [0.1, 0.15) is 42.2 Å². The summed E-state index contributed by atoms with van der Waals surface area (Å²) >= 11 is 0. The highest BCUT2D eigenvalue weighted by Crippen LogP contribution is 2.38. The Morgan fingerprint density at radius 3 is 2.38 bits per heavy atom. The number of nitrogens with zero attached hydrogens (tertiary/aromatic N) is 2. The summed E-state index contributed by atoms with van der Waals surface area (Å²) in [6, 6.07) is 3.57. The maximum Gasteiger partial charge on any atom is 0.394 e. The van der Waals surface area contributed by atoms with Crippen molar-refractivity contribution in [1.29, 1.82) is 0 Å². The lowest BCUT2D eigenvalue weighted by atomic mass is 9.95. The van der Waals surface area contributed by atoms with E-state index in [-0.39, 0.29) is 12.6 Å². The predicted molar refractivity (Wildman–Crippen MR) is 80.1 cm³/mol. The van der Waals surface area contributed by atoms with Crippen molar-refractivity contribution in [2.75, 3.05) is 13.1 Å². The van der Waals surface area contributed by atoms with E-state index >= 15 is 0 Å². The van der Waals surface area contributed by atoms with E-state index in [1.807, 2.05) is 4.57 Å². The minimum Gasteiger partial charge on any atom is -0.369 e. The van der Waals surface area contributed by atoms with E-state index in [4.69, 9.17) is 5.73 Å². The Bertz CT molecular complexity index is 635. The first-order valence-corrected chi connectivity index (χ1v) is 8.11. The van der Waals surface area contributed by atoms with Crippen LogP contribution in [-0.2, 0) is 4.79 Å². The zero-order valence-electron chi connectivity index (χ0n) is 13.1. The van der Waals surface area contributed by atoms with Gasteiger partial charge in [-0.05, 0) is 25.0 Å². The second-order valence-electron chi connectivity index (χ2n) is 6.61. The van der Waals surface area contributed by atoms with Gasteiger partial charge in [0, 0.05) is 25.3 Å². The molecule has 2 fully saturated rings. The molecule has 8 heteroatoms. The largest absolute Gasteiger partial charge is 0.394 e. The van der Waals surface area contributed by atoms with Crippen LogP contribution >= 0.6 is 0 Å². The number of amides is 2. The van der Waals surface area contributed by atoms with E-state index in [0.29, 0.717) is 5.69 Å². The number of rotatable bonds is 3. The van der Waals surface area contributed by atoms with Gasteiger partial charge in [-0.15, -0.1) is 0 Å². The Labute approximate surface area is 137 Å². The Morgan fingerprint density at radius 1 is 1.17 bits per heavy atom. The van der Waals surface area contributed by atoms with Crippen molar-refractivity contribution in [2.45, 2.75) is 37.9 Å². The summed E-state index contributed by atoms with van der Waals surface area (Å²) in [5.41, 5.74) is 5.50. The molecular weight excluding hydrogens is 323 g/mol. The molecule has 24 heavy (non-hydrogen) atoms. The Kier molecular flexibility index (Phi) is 4.31. The second kappa shape index (κ2) is 6.14. The van der Waals surface area contributed by atoms with E-state index in [2.05, 4.69) is 0 Å². The number of alkyl halides is 3. The average Bonchev–Trinajstić information content (AvgIpc) is 3.23. The third-order valence-corrected chi connectivity index (χ3v) is 5.11. The lowest BCUT2D eigenvalue weighted by Gasteiger charge is -2.21. The summed E-state index contributed by atoms with van der Waals surface area (Å²) in [5, 5.41) is 0. The molecule has 1 saturated heterocycles. The maximum absolute atomic E-state index is 13.1. The standard InChI is InChI=1S/C16H20F3N3O2/c17-16(18,19)12-9-21(8-11(12)14(20)23)15(24)13-6-3-7-22(13)10-4-1-2-5-10/h3,6-7,10-12H,1-2,4-5,8-9H2,(H2,20,23)/t11-,12-/m1/s1. The number of likely N-dealkylation sites (tertiary alicyclic amines) is 1. The lowest BCUT2D eigenvalue weighted by molar-refractivity contribution is -0.182. The minimum absolute atomic E-state index is 0.215. The summed E-state index contributed by atoms with van der Waals surface area (Å²) in [6.45, 7) is -0.806. The van der Waals surface area contributed by atoms with Gasteiger partial charge in [0.05, 0.1) is 11.8 Å². The third-order valence-electron chi connectivity index (χ3n) is 5.11. The van der Waals surface area contributed by atoms with Crippen molar-refractivity contribution in [3.8, 4) is 0 Å². The number of carbonyl (C=O) groups excluding carboxylic acids is 2. The van der Waals surface area contributed by atoms with Gasteiger partial charge in [-0.3, -0.25) is 9.59 Å². The fraction of sp³-hybridized carbons (Fsp3) is 0.625. The first kappa shape index (κ1) is 16.9. The van der Waals surface area contributed by atoms with Gasteiger partial charge in [-0.1, -0.05) is 12.8 Å². The topological polar surface area (TPSA) is 68.3 Å². The smallest absolute Gasteiger partial charge is 0.369 e. The van der Waals surface area contributed by atoms with Gasteiger partial charge < -0.3 is 15.2 Å². The van der Waals surface area contributed by atoms with Crippen molar-refractivity contribution in [3.05, 3.63) is 24.0 Å². The van der Waals surface area contributed by atoms with Crippen molar-refractivity contribution in [3.63, 3.8) is 0 Å². The average molecular weight is 343 g/mol. The molecule has 0 radical (unpaired) electrons. The van der Waals surface area contributed by atoms with Gasteiger partial charge in [0.15, 0.2) is 0 Å². The maximum atomic E-state index is 13.1. The second-order valence-corrected chi connectivity index (χ2v) is 6.61. The van der Waals surface area contributed by atoms with Crippen LogP contribution in [0.3, 0.4) is 0 Å². The van der Waals surface area contributed by atoms with E-state index in [9.17, 15) is 22.8 Å². The fourth-order valence-corrected chi connectivity index (χ4v) is 3.83. The number of hydrogen-bond acceptors (Lipinski definition) is 2. The predicted octanol–water partition coefficient (Wildman–Crippen LogP) is 2.34. The Balaban J connectivity index is 1.81. The first-order valence-electron chi connectivity index (χ1n) is 8.11. The molecule has 1 aliphatic heterocycles. The van der Waals surface area contributed by atoms with E-state index in [1.165, 1.54) is 0 Å². The zero-order valence-corrected chi connectivity index (χ0v) is 13.1. The molecule has 0 aromatic carbocycles. The number of nitrogens with two attached hydrogens (primary N) is 1. The molecule has 1 aromatic heterocycles. The number of aromatic nitrogens is 1. The van der Waals surface area contributed by atoms with E-state index < -0.39 is 36.4 Å². The van der Waals surface area contributed by atoms with E-state index in [0.717, 1.165) is 30.6 Å². The van der Waals surface area contributed by atoms with Crippen molar-refractivity contribution < 1.29 is 22.8 Å². The molecule has 5 nitrogen and oxygen atoms in total. The SMILES string of the molecule is NC(=O)[C@@H]1CN(C(=O)c2cccn2C2CCCC2)C[C@H]1C(F)(F)F. The van der Waals surface area contributed by atoms with Crippen LogP contribution in [0.4, 0.5) is 13.2 Å². The molecule has 1 saturated carbocycles. The molecular formula is C16H20F3N3O2. The lowest BCUT2D eigenvalue weighted by Crippen LogP contribution is -2.37. The highest BCUT2D eigenvalue weighted by molar-refractivity contribution is 5.93. The van der Waals surface area contributed by atoms with Crippen molar-refractivity contribution in [1.82, 2.24) is 9.47 Å². The van der Waals surface area contributed by atoms with Crippen LogP contribution in [0, 0.1) is 11.8 Å². The van der Waals surface area contributed by atoms with Crippen LogP contribution < -0.4 is 5.73 Å². The third kappa shape index (κ3) is 3.01. The monoisotopic (exact) mass is 343 g/mol. The van der Waals surface area contributed by atoms with Crippen LogP contribution in [0.2, 0.25) is 0 Å². The zero-order chi connectivity index (χ0) is 17.5. The normalized spacial score (nSPS) is 25.4. The number of primary amides is 1. The summed E-state index contributed by atoms with van der Waals surface area (Å²) in [4.78, 5) is 25.2. The molecule has 0 bridgehead atoms. The summed E-state index contributed by atoms with van der Waals surface area (Å²) < 4.78 is 41.2. The molecule has 2 N–H and O–H groups in total. The summed E-state index contributed by atoms with van der Waals surface area (Å²) in [6.07, 6.45) is 1.34. The van der Waals surface area contributed by atoms with Gasteiger partial charge in [0.1, 0.15) is 5.69 Å². The van der Waals surface area contributed by atoms with Crippen LogP contribution in [0.25, 0.3) is 0 Å². The van der Waals surface area contributed by atoms with E-state index in [1.54, 1.807) is 18.3 Å². The van der Waals surface area contributed by atoms with Crippen LogP contribution in [0.15, 0.2) is 18.3 Å². The molecule has 0 spiro atoms. The van der Waals surface area contributed by atoms with Gasteiger partial charge in [-0.25, -0.2) is 0 Å². The van der Waals surface area contributed by atoms with Crippen LogP contribution in [-0.4, -0.2) is 40.5 Å². The van der Waals surface area contributed by atoms with Gasteiger partial charge in [0.25, 0.3) is 5.91 Å². The highest BCUT2D eigenvalue weighted by Gasteiger charge is 2.53. The molecule has 2 atom stereocenters. The fourth-order valence-electron chi connectivity index (χ4n) is 3.83. The quantitative estimate of drug-likeness (QED) is 0.915. The minimum atomic E-state index is -4.55. The molecule has 1 aliphatic carbocycles. The van der Waals surface area contributed by atoms with Gasteiger partial charge in [-0.2, -0.15) is 13.2 Å². The van der Waals surface area contributed by atoms with Gasteiger partial charge in [0.2, 0.25) is 5.91 Å². The number of halogens is 3. The molecule has 3 rings (SSSR count).